The lowest BCUT2D eigenvalue weighted by molar-refractivity contribution is 0.0747. The predicted octanol–water partition coefficient (Wildman–Crippen LogP) is 3.31. The van der Waals surface area contributed by atoms with Gasteiger partial charge in [0.2, 0.25) is 0 Å². The zero-order valence-corrected chi connectivity index (χ0v) is 18.2. The molecule has 0 spiro atoms. The van der Waals surface area contributed by atoms with Gasteiger partial charge in [0, 0.05) is 50.4 Å². The molecule has 1 aromatic heterocycles. The van der Waals surface area contributed by atoms with E-state index < -0.39 is 0 Å². The van der Waals surface area contributed by atoms with Gasteiger partial charge in [0.15, 0.2) is 0 Å². The summed E-state index contributed by atoms with van der Waals surface area (Å²) in [6, 6.07) is 11.9. The summed E-state index contributed by atoms with van der Waals surface area (Å²) in [5.41, 5.74) is 5.04. The zero-order valence-electron chi connectivity index (χ0n) is 18.2. The second-order valence-electron chi connectivity index (χ2n) is 8.74. The van der Waals surface area contributed by atoms with Gasteiger partial charge in [0.05, 0.1) is 10.9 Å². The number of rotatable bonds is 2. The Balaban J connectivity index is 1.36. The summed E-state index contributed by atoms with van der Waals surface area (Å²) >= 11 is 0. The number of anilines is 1. The number of carbonyl (C=O) groups excluding carboxylic acids is 1. The Labute approximate surface area is 182 Å². The van der Waals surface area contributed by atoms with Gasteiger partial charge >= 0.3 is 0 Å². The molecule has 3 aromatic rings. The van der Waals surface area contributed by atoms with Gasteiger partial charge in [0.25, 0.3) is 11.5 Å². The fourth-order valence-corrected chi connectivity index (χ4v) is 4.77. The van der Waals surface area contributed by atoms with Crippen molar-refractivity contribution in [3.63, 3.8) is 0 Å². The summed E-state index contributed by atoms with van der Waals surface area (Å²) in [5.74, 6) is 0.859. The molecule has 3 heterocycles. The van der Waals surface area contributed by atoms with Gasteiger partial charge in [-0.15, -0.1) is 0 Å². The number of piperazine rings is 1. The van der Waals surface area contributed by atoms with Crippen molar-refractivity contribution in [1.82, 2.24) is 14.5 Å². The van der Waals surface area contributed by atoms with Gasteiger partial charge in [-0.2, -0.15) is 0 Å². The van der Waals surface area contributed by atoms with E-state index in [0.29, 0.717) is 29.6 Å². The highest BCUT2D eigenvalue weighted by molar-refractivity contribution is 5.97. The Kier molecular flexibility index (Phi) is 5.00. The zero-order chi connectivity index (χ0) is 21.5. The lowest BCUT2D eigenvalue weighted by atomic mass is 10.1. The molecule has 160 valence electrons. The maximum absolute atomic E-state index is 13.2. The van der Waals surface area contributed by atoms with Crippen LogP contribution in [-0.2, 0) is 13.0 Å². The Morgan fingerprint density at radius 3 is 2.55 bits per heavy atom. The van der Waals surface area contributed by atoms with Crippen molar-refractivity contribution in [3.05, 3.63) is 69.3 Å². The van der Waals surface area contributed by atoms with Crippen LogP contribution < -0.4 is 10.5 Å². The van der Waals surface area contributed by atoms with Crippen LogP contribution in [0.2, 0.25) is 0 Å². The van der Waals surface area contributed by atoms with E-state index in [9.17, 15) is 9.59 Å². The normalized spacial score (nSPS) is 16.5. The first-order valence-electron chi connectivity index (χ1n) is 11.2. The Morgan fingerprint density at radius 2 is 1.74 bits per heavy atom. The maximum atomic E-state index is 13.2. The van der Waals surface area contributed by atoms with Crippen molar-refractivity contribution in [2.24, 2.45) is 0 Å². The van der Waals surface area contributed by atoms with E-state index in [2.05, 4.69) is 36.9 Å². The highest BCUT2D eigenvalue weighted by Crippen LogP contribution is 2.24. The van der Waals surface area contributed by atoms with Crippen LogP contribution in [0.15, 0.2) is 41.2 Å². The minimum absolute atomic E-state index is 0.0147. The van der Waals surface area contributed by atoms with Crippen LogP contribution in [0.5, 0.6) is 0 Å². The lowest BCUT2D eigenvalue weighted by Gasteiger charge is -2.37. The maximum Gasteiger partial charge on any atom is 0.261 e. The summed E-state index contributed by atoms with van der Waals surface area (Å²) < 4.78 is 1.79. The molecule has 31 heavy (non-hydrogen) atoms. The molecule has 0 saturated carbocycles. The van der Waals surface area contributed by atoms with E-state index in [1.807, 2.05) is 4.90 Å². The van der Waals surface area contributed by atoms with E-state index in [-0.39, 0.29) is 11.5 Å². The minimum Gasteiger partial charge on any atom is -0.368 e. The fraction of sp³-hybridized carbons (Fsp3) is 0.400. The number of aromatic nitrogens is 2. The summed E-state index contributed by atoms with van der Waals surface area (Å²) in [7, 11) is 0. The highest BCUT2D eigenvalue weighted by Gasteiger charge is 2.24. The fourth-order valence-electron chi connectivity index (χ4n) is 4.77. The van der Waals surface area contributed by atoms with Gasteiger partial charge in [-0.1, -0.05) is 12.1 Å². The largest absolute Gasteiger partial charge is 0.368 e. The second-order valence-corrected chi connectivity index (χ2v) is 8.74. The molecule has 6 heteroatoms. The predicted molar refractivity (Wildman–Crippen MR) is 123 cm³/mol. The summed E-state index contributed by atoms with van der Waals surface area (Å²) in [6.45, 7) is 7.99. The van der Waals surface area contributed by atoms with Gasteiger partial charge in [-0.05, 0) is 62.1 Å². The highest BCUT2D eigenvalue weighted by atomic mass is 16.2. The molecule has 2 aliphatic rings. The molecule has 5 rings (SSSR count). The van der Waals surface area contributed by atoms with Crippen molar-refractivity contribution in [2.75, 3.05) is 31.1 Å². The third-order valence-corrected chi connectivity index (χ3v) is 6.59. The number of amides is 1. The minimum atomic E-state index is 0.0147. The van der Waals surface area contributed by atoms with E-state index in [0.717, 1.165) is 44.7 Å². The Morgan fingerprint density at radius 1 is 0.935 bits per heavy atom. The number of hydrogen-bond donors (Lipinski definition) is 0. The average molecular weight is 417 g/mol. The summed E-state index contributed by atoms with van der Waals surface area (Å²) in [6.07, 6.45) is 2.90. The summed E-state index contributed by atoms with van der Waals surface area (Å²) in [4.78, 5) is 35.0. The standard InChI is InChI=1S/C25H28N4O2/c1-17-6-7-18(2)22(15-17)27-11-13-28(14-12-27)24(30)19-8-9-20-21(16-19)26-23-5-3-4-10-29(23)25(20)31/h6-9,15-16H,3-5,10-14H2,1-2H3. The van der Waals surface area contributed by atoms with E-state index in [4.69, 9.17) is 4.98 Å². The van der Waals surface area contributed by atoms with E-state index in [1.165, 1.54) is 16.8 Å². The van der Waals surface area contributed by atoms with Gasteiger partial charge < -0.3 is 9.80 Å². The topological polar surface area (TPSA) is 58.4 Å². The SMILES string of the molecule is Cc1ccc(C)c(N2CCN(C(=O)c3ccc4c(=O)n5c(nc4c3)CCCC5)CC2)c1. The van der Waals surface area contributed by atoms with Crippen molar-refractivity contribution < 1.29 is 4.79 Å². The van der Waals surface area contributed by atoms with Crippen molar-refractivity contribution >= 4 is 22.5 Å². The number of fused-ring (bicyclic) bond motifs is 2. The van der Waals surface area contributed by atoms with Crippen LogP contribution in [0.3, 0.4) is 0 Å². The molecular weight excluding hydrogens is 388 g/mol. The molecule has 1 saturated heterocycles. The average Bonchev–Trinajstić information content (AvgIpc) is 2.80. The molecule has 1 amide bonds. The molecule has 0 bridgehead atoms. The summed E-state index contributed by atoms with van der Waals surface area (Å²) in [5, 5.41) is 0.599. The number of nitrogens with zero attached hydrogens (tertiary/aromatic N) is 4. The molecule has 0 unspecified atom stereocenters. The molecule has 1 fully saturated rings. The molecule has 0 atom stereocenters. The van der Waals surface area contributed by atoms with E-state index in [1.54, 1.807) is 22.8 Å². The second kappa shape index (κ2) is 7.84. The first kappa shape index (κ1) is 19.8. The van der Waals surface area contributed by atoms with E-state index >= 15 is 0 Å². The molecule has 0 aliphatic carbocycles. The van der Waals surface area contributed by atoms with Crippen LogP contribution in [0.25, 0.3) is 10.9 Å². The van der Waals surface area contributed by atoms with Gasteiger partial charge in [-0.25, -0.2) is 4.98 Å². The molecule has 2 aliphatic heterocycles. The van der Waals surface area contributed by atoms with Crippen LogP contribution in [0.4, 0.5) is 5.69 Å². The van der Waals surface area contributed by atoms with Crippen LogP contribution >= 0.6 is 0 Å². The Hall–Kier alpha value is -3.15. The number of carbonyl (C=O) groups is 1. The van der Waals surface area contributed by atoms with Gasteiger partial charge in [0.1, 0.15) is 5.82 Å². The molecular formula is C25H28N4O2. The third-order valence-electron chi connectivity index (χ3n) is 6.59. The smallest absolute Gasteiger partial charge is 0.261 e. The third kappa shape index (κ3) is 3.60. The molecule has 0 radical (unpaired) electrons. The van der Waals surface area contributed by atoms with Crippen LogP contribution in [0.1, 0.15) is 40.2 Å². The first-order valence-corrected chi connectivity index (χ1v) is 11.2. The van der Waals surface area contributed by atoms with Crippen molar-refractivity contribution in [2.45, 2.75) is 39.7 Å². The Bertz CT molecular complexity index is 1220. The van der Waals surface area contributed by atoms with Crippen LogP contribution in [0, 0.1) is 13.8 Å². The van der Waals surface area contributed by atoms with Crippen molar-refractivity contribution in [1.29, 1.82) is 0 Å². The number of aryl methyl sites for hydroxylation is 3. The first-order chi connectivity index (χ1) is 15.0. The lowest BCUT2D eigenvalue weighted by Crippen LogP contribution is -2.49. The quantitative estimate of drug-likeness (QED) is 0.643. The van der Waals surface area contributed by atoms with Gasteiger partial charge in [-0.3, -0.25) is 14.2 Å². The van der Waals surface area contributed by atoms with Crippen LogP contribution in [-0.4, -0.2) is 46.5 Å². The molecule has 6 nitrogen and oxygen atoms in total. The molecule has 2 aromatic carbocycles. The number of benzene rings is 2. The molecule has 0 N–H and O–H groups in total. The monoisotopic (exact) mass is 416 g/mol. The number of hydrogen-bond acceptors (Lipinski definition) is 4. The van der Waals surface area contributed by atoms with Crippen molar-refractivity contribution in [3.8, 4) is 0 Å².